The molecule has 0 aliphatic heterocycles. The third-order valence-corrected chi connectivity index (χ3v) is 3.63. The quantitative estimate of drug-likeness (QED) is 0.683. The monoisotopic (exact) mass is 318 g/mol. The van der Waals surface area contributed by atoms with Crippen molar-refractivity contribution in [3.8, 4) is 5.75 Å². The lowest BCUT2D eigenvalue weighted by Crippen LogP contribution is -2.37. The van der Waals surface area contributed by atoms with Crippen LogP contribution >= 0.6 is 15.9 Å². The van der Waals surface area contributed by atoms with E-state index in [-0.39, 0.29) is 22.0 Å². The van der Waals surface area contributed by atoms with Crippen LogP contribution in [0.4, 0.5) is 10.1 Å². The van der Waals surface area contributed by atoms with Gasteiger partial charge in [-0.15, -0.1) is 0 Å². The van der Waals surface area contributed by atoms with E-state index in [2.05, 4.69) is 15.9 Å². The van der Waals surface area contributed by atoms with Crippen LogP contribution in [0, 0.1) is 21.8 Å². The van der Waals surface area contributed by atoms with Gasteiger partial charge in [-0.2, -0.15) is 0 Å². The minimum atomic E-state index is -0.585. The Bertz CT molecular complexity index is 478. The summed E-state index contributed by atoms with van der Waals surface area (Å²) in [5, 5.41) is 10.9. The average Bonchev–Trinajstić information content (AvgIpc) is 2.26. The number of rotatable bonds is 4. The van der Waals surface area contributed by atoms with Gasteiger partial charge in [0.2, 0.25) is 0 Å². The van der Waals surface area contributed by atoms with Crippen molar-refractivity contribution in [2.45, 2.75) is 18.9 Å². The van der Waals surface area contributed by atoms with Crippen molar-refractivity contribution in [3.05, 3.63) is 32.5 Å². The van der Waals surface area contributed by atoms with Gasteiger partial charge < -0.3 is 10.5 Å². The van der Waals surface area contributed by atoms with E-state index in [0.29, 0.717) is 12.5 Å². The van der Waals surface area contributed by atoms with Gasteiger partial charge in [-0.1, -0.05) is 0 Å². The number of nitro groups is 1. The number of halogens is 2. The number of hydrogen-bond acceptors (Lipinski definition) is 4. The smallest absolute Gasteiger partial charge is 0.312 e. The van der Waals surface area contributed by atoms with E-state index in [4.69, 9.17) is 10.5 Å². The minimum Gasteiger partial charge on any atom is -0.483 e. The van der Waals surface area contributed by atoms with Crippen LogP contribution in [0.5, 0.6) is 5.75 Å². The lowest BCUT2D eigenvalue weighted by atomic mass is 9.82. The SMILES string of the molecule is NCC1CC(Oc2cc(F)c(Br)cc2[N+](=O)[O-])C1. The van der Waals surface area contributed by atoms with Crippen molar-refractivity contribution < 1.29 is 14.1 Å². The average molecular weight is 319 g/mol. The van der Waals surface area contributed by atoms with Crippen molar-refractivity contribution in [1.29, 1.82) is 0 Å². The first kappa shape index (κ1) is 13.2. The van der Waals surface area contributed by atoms with Gasteiger partial charge in [0.15, 0.2) is 5.75 Å². The Morgan fingerprint density at radius 1 is 1.56 bits per heavy atom. The van der Waals surface area contributed by atoms with Crippen LogP contribution in [0.1, 0.15) is 12.8 Å². The molecule has 2 rings (SSSR count). The van der Waals surface area contributed by atoms with Crippen molar-refractivity contribution in [2.75, 3.05) is 6.54 Å². The van der Waals surface area contributed by atoms with Crippen LogP contribution in [0.15, 0.2) is 16.6 Å². The normalized spacial score (nSPS) is 22.4. The molecule has 1 aliphatic carbocycles. The highest BCUT2D eigenvalue weighted by Gasteiger charge is 2.31. The maximum Gasteiger partial charge on any atom is 0.312 e. The Hall–Kier alpha value is -1.21. The second kappa shape index (κ2) is 5.19. The lowest BCUT2D eigenvalue weighted by molar-refractivity contribution is -0.386. The third-order valence-electron chi connectivity index (χ3n) is 3.02. The summed E-state index contributed by atoms with van der Waals surface area (Å²) < 4.78 is 18.9. The molecule has 18 heavy (non-hydrogen) atoms. The van der Waals surface area contributed by atoms with Gasteiger partial charge in [-0.05, 0) is 41.2 Å². The topological polar surface area (TPSA) is 78.4 Å². The Morgan fingerprint density at radius 2 is 2.22 bits per heavy atom. The van der Waals surface area contributed by atoms with E-state index in [1.54, 1.807) is 0 Å². The summed E-state index contributed by atoms with van der Waals surface area (Å²) in [5.41, 5.74) is 5.24. The zero-order chi connectivity index (χ0) is 13.3. The molecule has 1 saturated carbocycles. The zero-order valence-corrected chi connectivity index (χ0v) is 11.0. The molecule has 5 nitrogen and oxygen atoms in total. The van der Waals surface area contributed by atoms with Gasteiger partial charge in [0.05, 0.1) is 15.5 Å². The number of hydrogen-bond donors (Lipinski definition) is 1. The summed E-state index contributed by atoms with van der Waals surface area (Å²) in [5.74, 6) is -0.208. The van der Waals surface area contributed by atoms with Crippen LogP contribution in [-0.4, -0.2) is 17.6 Å². The fourth-order valence-corrected chi connectivity index (χ4v) is 2.23. The molecular formula is C11H12BrFN2O3. The molecule has 0 radical (unpaired) electrons. The van der Waals surface area contributed by atoms with E-state index in [9.17, 15) is 14.5 Å². The summed E-state index contributed by atoms with van der Waals surface area (Å²) in [6.07, 6.45) is 1.40. The first-order chi connectivity index (χ1) is 8.51. The van der Waals surface area contributed by atoms with Crippen LogP contribution in [-0.2, 0) is 0 Å². The molecule has 1 aliphatic rings. The third kappa shape index (κ3) is 2.62. The fourth-order valence-electron chi connectivity index (χ4n) is 1.90. The highest BCUT2D eigenvalue weighted by atomic mass is 79.9. The molecule has 0 heterocycles. The number of benzene rings is 1. The molecule has 0 bridgehead atoms. The fraction of sp³-hybridized carbons (Fsp3) is 0.455. The molecule has 0 spiro atoms. The van der Waals surface area contributed by atoms with Crippen LogP contribution < -0.4 is 10.5 Å². The van der Waals surface area contributed by atoms with E-state index >= 15 is 0 Å². The maximum absolute atomic E-state index is 13.4. The Morgan fingerprint density at radius 3 is 2.78 bits per heavy atom. The van der Waals surface area contributed by atoms with Crippen LogP contribution in [0.2, 0.25) is 0 Å². The van der Waals surface area contributed by atoms with Crippen molar-refractivity contribution in [1.82, 2.24) is 0 Å². The van der Waals surface area contributed by atoms with Crippen molar-refractivity contribution >= 4 is 21.6 Å². The molecule has 0 amide bonds. The summed E-state index contributed by atoms with van der Waals surface area (Å²) in [6, 6.07) is 2.15. The minimum absolute atomic E-state index is 0.0267. The molecule has 0 aromatic heterocycles. The first-order valence-corrected chi connectivity index (χ1v) is 6.30. The Kier molecular flexibility index (Phi) is 3.82. The Balaban J connectivity index is 2.16. The molecule has 1 aromatic carbocycles. The molecule has 0 unspecified atom stereocenters. The molecular weight excluding hydrogens is 307 g/mol. The van der Waals surface area contributed by atoms with Crippen LogP contribution in [0.25, 0.3) is 0 Å². The van der Waals surface area contributed by atoms with Gasteiger partial charge in [-0.3, -0.25) is 10.1 Å². The van der Waals surface area contributed by atoms with Crippen molar-refractivity contribution in [2.24, 2.45) is 11.7 Å². The first-order valence-electron chi connectivity index (χ1n) is 5.51. The highest BCUT2D eigenvalue weighted by Crippen LogP contribution is 2.37. The number of ether oxygens (including phenoxy) is 1. The van der Waals surface area contributed by atoms with Gasteiger partial charge in [0, 0.05) is 12.1 Å². The number of nitrogens with two attached hydrogens (primary N) is 1. The largest absolute Gasteiger partial charge is 0.483 e. The summed E-state index contributed by atoms with van der Waals surface area (Å²) >= 11 is 2.92. The second-order valence-corrected chi connectivity index (χ2v) is 5.16. The molecule has 1 fully saturated rings. The summed E-state index contributed by atoms with van der Waals surface area (Å²) in [6.45, 7) is 0.580. The Labute approximate surface area is 111 Å². The zero-order valence-electron chi connectivity index (χ0n) is 9.44. The van der Waals surface area contributed by atoms with E-state index in [1.165, 1.54) is 0 Å². The van der Waals surface area contributed by atoms with E-state index in [1.807, 2.05) is 0 Å². The van der Waals surface area contributed by atoms with E-state index in [0.717, 1.165) is 25.0 Å². The predicted octanol–water partition coefficient (Wildman–Crippen LogP) is 2.61. The predicted molar refractivity (Wildman–Crippen MR) is 66.9 cm³/mol. The van der Waals surface area contributed by atoms with Gasteiger partial charge in [0.25, 0.3) is 0 Å². The molecule has 0 saturated heterocycles. The lowest BCUT2D eigenvalue weighted by Gasteiger charge is -2.34. The highest BCUT2D eigenvalue weighted by molar-refractivity contribution is 9.10. The molecule has 0 atom stereocenters. The molecule has 1 aromatic rings. The van der Waals surface area contributed by atoms with Gasteiger partial charge in [-0.25, -0.2) is 4.39 Å². The summed E-state index contributed by atoms with van der Waals surface area (Å²) in [7, 11) is 0. The van der Waals surface area contributed by atoms with Gasteiger partial charge in [0.1, 0.15) is 5.82 Å². The maximum atomic E-state index is 13.4. The molecule has 2 N–H and O–H groups in total. The van der Waals surface area contributed by atoms with Gasteiger partial charge >= 0.3 is 5.69 Å². The molecule has 98 valence electrons. The number of nitro benzene ring substituents is 1. The summed E-state index contributed by atoms with van der Waals surface area (Å²) in [4.78, 5) is 10.3. The van der Waals surface area contributed by atoms with Crippen LogP contribution in [0.3, 0.4) is 0 Å². The second-order valence-electron chi connectivity index (χ2n) is 4.30. The number of nitrogens with zero attached hydrogens (tertiary/aromatic N) is 1. The van der Waals surface area contributed by atoms with Crippen molar-refractivity contribution in [3.63, 3.8) is 0 Å². The standard InChI is InChI=1S/C11H12BrFN2O3/c12-8-3-10(15(16)17)11(4-9(8)13)18-7-1-6(2-7)5-14/h3-4,6-7H,1-2,5,14H2. The van der Waals surface area contributed by atoms with E-state index < -0.39 is 10.7 Å². The molecule has 7 heteroatoms.